The zero-order valence-corrected chi connectivity index (χ0v) is 23.8. The number of amides is 2. The molecule has 4 aromatic carbocycles. The lowest BCUT2D eigenvalue weighted by Crippen LogP contribution is -2.12. The van der Waals surface area contributed by atoms with E-state index in [4.69, 9.17) is 0 Å². The number of phenolic OH excluding ortho intramolecular Hbond substituents is 1. The van der Waals surface area contributed by atoms with Crippen LogP contribution in [0.15, 0.2) is 83.3 Å². The van der Waals surface area contributed by atoms with Crippen LogP contribution in [-0.4, -0.2) is 32.0 Å². The van der Waals surface area contributed by atoms with Crippen LogP contribution in [0.3, 0.4) is 0 Å². The van der Waals surface area contributed by atoms with Gasteiger partial charge in [0.1, 0.15) is 5.75 Å². The van der Waals surface area contributed by atoms with Gasteiger partial charge in [0.25, 0.3) is 0 Å². The molecule has 0 aliphatic carbocycles. The topological polar surface area (TPSA) is 130 Å². The number of benzene rings is 4. The van der Waals surface area contributed by atoms with Gasteiger partial charge in [0, 0.05) is 37.5 Å². The summed E-state index contributed by atoms with van der Waals surface area (Å²) < 4.78 is 0.892. The standard InChI is InChI=1S/C17H13BrN2O2.C16H12N2O2/c18-10-5-9(8-21)16-12(6-10)13-7-15(22)19-14-4-2-1-3-11(14)17(13)20-16;19-13-7-3-5-10-15-11(8-14(20)18-16(10)13)9-4-1-2-6-12(9)17-15/h1-6,20-21H,7-8H2,(H,19,22);1-7,17,19H,8H2,(H,18,20). The second-order valence-electron chi connectivity index (χ2n) is 10.3. The summed E-state index contributed by atoms with van der Waals surface area (Å²) in [5.74, 6) is -0.0590. The molecule has 0 fully saturated rings. The second kappa shape index (κ2) is 10.2. The van der Waals surface area contributed by atoms with Crippen molar-refractivity contribution in [3.05, 3.63) is 100 Å². The second-order valence-corrected chi connectivity index (χ2v) is 11.3. The maximum absolute atomic E-state index is 12.2. The van der Waals surface area contributed by atoms with Gasteiger partial charge in [-0.25, -0.2) is 0 Å². The number of hydrogen-bond acceptors (Lipinski definition) is 4. The van der Waals surface area contributed by atoms with Gasteiger partial charge in [-0.15, -0.1) is 0 Å². The van der Waals surface area contributed by atoms with E-state index in [-0.39, 0.29) is 24.2 Å². The number of para-hydroxylation sites is 3. The number of aromatic nitrogens is 2. The minimum absolute atomic E-state index is 0.0300. The van der Waals surface area contributed by atoms with Crippen LogP contribution >= 0.6 is 15.9 Å². The lowest BCUT2D eigenvalue weighted by Gasteiger charge is -2.08. The van der Waals surface area contributed by atoms with E-state index in [9.17, 15) is 19.8 Å². The Labute approximate surface area is 248 Å². The predicted molar refractivity (Wildman–Crippen MR) is 167 cm³/mol. The van der Waals surface area contributed by atoms with Gasteiger partial charge in [-0.2, -0.15) is 0 Å². The van der Waals surface area contributed by atoms with Gasteiger partial charge in [-0.1, -0.05) is 64.5 Å². The number of phenols is 1. The Balaban J connectivity index is 0.000000138. The van der Waals surface area contributed by atoms with Gasteiger partial charge < -0.3 is 30.8 Å². The number of rotatable bonds is 1. The van der Waals surface area contributed by atoms with E-state index in [0.717, 1.165) is 71.2 Å². The Kier molecular flexibility index (Phi) is 6.33. The molecule has 0 unspecified atom stereocenters. The van der Waals surface area contributed by atoms with E-state index in [1.54, 1.807) is 12.1 Å². The van der Waals surface area contributed by atoms with Gasteiger partial charge in [-0.3, -0.25) is 9.59 Å². The monoisotopic (exact) mass is 620 g/mol. The fraction of sp³-hybridized carbons (Fsp3) is 0.0909. The van der Waals surface area contributed by atoms with Gasteiger partial charge >= 0.3 is 0 Å². The van der Waals surface area contributed by atoms with Gasteiger partial charge in [-0.05, 0) is 41.5 Å². The zero-order valence-electron chi connectivity index (χ0n) is 22.2. The molecule has 6 aromatic rings. The Morgan fingerprint density at radius 2 is 1.43 bits per heavy atom. The summed E-state index contributed by atoms with van der Waals surface area (Å²) in [7, 11) is 0. The first-order valence-corrected chi connectivity index (χ1v) is 14.3. The number of aliphatic hydroxyl groups excluding tert-OH is 1. The lowest BCUT2D eigenvalue weighted by molar-refractivity contribution is -0.116. The third-order valence-electron chi connectivity index (χ3n) is 7.77. The number of nitrogens with one attached hydrogen (secondary N) is 4. The number of carbonyl (C=O) groups excluding carboxylic acids is 2. The Morgan fingerprint density at radius 1 is 0.738 bits per heavy atom. The highest BCUT2D eigenvalue weighted by atomic mass is 79.9. The maximum atomic E-state index is 12.2. The normalized spacial score (nSPS) is 13.5. The average molecular weight is 621 g/mol. The highest BCUT2D eigenvalue weighted by Crippen LogP contribution is 2.41. The third kappa shape index (κ3) is 4.34. The van der Waals surface area contributed by atoms with Crippen molar-refractivity contribution in [3.63, 3.8) is 0 Å². The van der Waals surface area contributed by atoms with Crippen molar-refractivity contribution in [2.45, 2.75) is 19.4 Å². The predicted octanol–water partition coefficient (Wildman–Crippen LogP) is 6.62. The fourth-order valence-corrected chi connectivity index (χ4v) is 6.43. The minimum atomic E-state index is -0.115. The molecule has 2 aliphatic heterocycles. The molecule has 8 nitrogen and oxygen atoms in total. The summed E-state index contributed by atoms with van der Waals surface area (Å²) >= 11 is 3.48. The summed E-state index contributed by atoms with van der Waals surface area (Å²) in [4.78, 5) is 31.0. The quantitative estimate of drug-likeness (QED) is 0.115. The van der Waals surface area contributed by atoms with Crippen LogP contribution in [-0.2, 0) is 29.0 Å². The summed E-state index contributed by atoms with van der Waals surface area (Å²) in [5.41, 5.74) is 9.56. The third-order valence-corrected chi connectivity index (χ3v) is 8.22. The molecule has 2 aliphatic rings. The van der Waals surface area contributed by atoms with Gasteiger partial charge in [0.05, 0.1) is 47.7 Å². The molecule has 6 N–H and O–H groups in total. The molecule has 0 radical (unpaired) electrons. The van der Waals surface area contributed by atoms with Crippen molar-refractivity contribution in [1.82, 2.24) is 9.97 Å². The molecular weight excluding hydrogens is 596 g/mol. The van der Waals surface area contributed by atoms with Gasteiger partial charge in [0.15, 0.2) is 0 Å². The zero-order chi connectivity index (χ0) is 29.0. The van der Waals surface area contributed by atoms with Gasteiger partial charge in [0.2, 0.25) is 11.8 Å². The van der Waals surface area contributed by atoms with Crippen LogP contribution in [0, 0.1) is 0 Å². The van der Waals surface area contributed by atoms with E-state index in [1.807, 2.05) is 66.7 Å². The summed E-state index contributed by atoms with van der Waals surface area (Å²) in [6, 6.07) is 24.8. The highest BCUT2D eigenvalue weighted by molar-refractivity contribution is 9.10. The number of aliphatic hydroxyl groups is 1. The van der Waals surface area contributed by atoms with Crippen molar-refractivity contribution >= 4 is 60.9 Å². The van der Waals surface area contributed by atoms with E-state index in [1.165, 1.54) is 0 Å². The van der Waals surface area contributed by atoms with Crippen LogP contribution in [0.2, 0.25) is 0 Å². The highest BCUT2D eigenvalue weighted by Gasteiger charge is 2.25. The van der Waals surface area contributed by atoms with Crippen molar-refractivity contribution in [3.8, 4) is 28.3 Å². The molecule has 0 bridgehead atoms. The first-order chi connectivity index (χ1) is 20.4. The van der Waals surface area contributed by atoms with E-state index in [2.05, 4.69) is 36.5 Å². The van der Waals surface area contributed by atoms with Crippen LogP contribution in [0.25, 0.3) is 44.3 Å². The molecule has 2 aromatic heterocycles. The minimum Gasteiger partial charge on any atom is -0.506 e. The molecule has 2 amide bonds. The first kappa shape index (κ1) is 26.1. The molecule has 0 saturated carbocycles. The maximum Gasteiger partial charge on any atom is 0.229 e. The largest absolute Gasteiger partial charge is 0.506 e. The Bertz CT molecular complexity index is 2060. The SMILES string of the molecule is O=C1Cc2c([nH]c3c(CO)cc(Br)cc23)-c2ccccc2N1.O=C1Cc2c([nH]c3ccccc23)-c2cccc(O)c2N1. The van der Waals surface area contributed by atoms with Crippen molar-refractivity contribution in [1.29, 1.82) is 0 Å². The number of halogens is 1. The number of anilines is 2. The van der Waals surface area contributed by atoms with Crippen LogP contribution in [0.4, 0.5) is 11.4 Å². The van der Waals surface area contributed by atoms with E-state index >= 15 is 0 Å². The first-order valence-electron chi connectivity index (χ1n) is 13.5. The molecular formula is C33H25BrN4O4. The molecule has 42 heavy (non-hydrogen) atoms. The molecule has 208 valence electrons. The molecule has 0 spiro atoms. The van der Waals surface area contributed by atoms with Crippen molar-refractivity contribution in [2.75, 3.05) is 10.6 Å². The number of fused-ring (bicyclic) bond motifs is 10. The molecule has 9 heteroatoms. The van der Waals surface area contributed by atoms with E-state index in [0.29, 0.717) is 18.5 Å². The number of H-pyrrole nitrogens is 2. The number of aromatic amines is 2. The molecule has 0 atom stereocenters. The smallest absolute Gasteiger partial charge is 0.229 e. The van der Waals surface area contributed by atoms with E-state index < -0.39 is 0 Å². The van der Waals surface area contributed by atoms with Crippen molar-refractivity contribution < 1.29 is 19.8 Å². The lowest BCUT2D eigenvalue weighted by atomic mass is 10.0. The summed E-state index contributed by atoms with van der Waals surface area (Å²) in [5, 5.41) is 27.3. The number of carbonyl (C=O) groups is 2. The average Bonchev–Trinajstić information content (AvgIpc) is 3.42. The number of hydrogen-bond donors (Lipinski definition) is 6. The van der Waals surface area contributed by atoms with Crippen LogP contribution in [0.5, 0.6) is 5.75 Å². The summed E-state index contributed by atoms with van der Waals surface area (Å²) in [6.07, 6.45) is 0.610. The Hall–Kier alpha value is -4.86. The van der Waals surface area contributed by atoms with Crippen molar-refractivity contribution in [2.24, 2.45) is 0 Å². The fourth-order valence-electron chi connectivity index (χ4n) is 5.92. The summed E-state index contributed by atoms with van der Waals surface area (Å²) in [6.45, 7) is -0.0524. The molecule has 0 saturated heterocycles. The molecule has 4 heterocycles. The van der Waals surface area contributed by atoms with Crippen LogP contribution < -0.4 is 10.6 Å². The Morgan fingerprint density at radius 3 is 2.26 bits per heavy atom. The molecule has 8 rings (SSSR count). The number of aromatic hydroxyl groups is 1. The van der Waals surface area contributed by atoms with Crippen LogP contribution in [0.1, 0.15) is 16.7 Å².